The van der Waals surface area contributed by atoms with Gasteiger partial charge in [0.1, 0.15) is 0 Å². The Morgan fingerprint density at radius 3 is 2.75 bits per heavy atom. The van der Waals surface area contributed by atoms with Crippen molar-refractivity contribution < 1.29 is 0 Å². The summed E-state index contributed by atoms with van der Waals surface area (Å²) in [6.45, 7) is 5.16. The molecule has 1 unspecified atom stereocenters. The van der Waals surface area contributed by atoms with Gasteiger partial charge in [-0.1, -0.05) is 23.7 Å². The van der Waals surface area contributed by atoms with Crippen molar-refractivity contribution in [3.05, 3.63) is 34.5 Å². The molecule has 3 nitrogen and oxygen atoms in total. The Morgan fingerprint density at radius 1 is 1.40 bits per heavy atom. The Morgan fingerprint density at radius 2 is 2.15 bits per heavy atom. The summed E-state index contributed by atoms with van der Waals surface area (Å²) >= 11 is 6.22. The molecule has 1 aromatic carbocycles. The molecule has 1 saturated heterocycles. The molecule has 1 aliphatic rings. The van der Waals surface area contributed by atoms with Crippen molar-refractivity contribution in [3.63, 3.8) is 0 Å². The molecule has 112 valence electrons. The number of nitrogens with zero attached hydrogens (tertiary/aromatic N) is 1. The number of hydrogen-bond donors (Lipinski definition) is 2. The Hall–Kier alpha value is -0.450. The number of aryl methyl sites for hydroxylation is 1. The molecule has 6 heteroatoms. The molecule has 20 heavy (non-hydrogen) atoms. The summed E-state index contributed by atoms with van der Waals surface area (Å²) in [5.74, 6) is 0. The molecular formula is C14H20Cl3N3. The fraction of sp³-hybridized carbons (Fsp3) is 0.429. The van der Waals surface area contributed by atoms with E-state index in [2.05, 4.69) is 22.9 Å². The number of benzene rings is 1. The number of hydrogen-bond acceptors (Lipinski definition) is 2. The molecule has 2 heterocycles. The second-order valence-electron chi connectivity index (χ2n) is 5.17. The molecular weight excluding hydrogens is 317 g/mol. The highest BCUT2D eigenvalue weighted by molar-refractivity contribution is 6.35. The summed E-state index contributed by atoms with van der Waals surface area (Å²) in [4.78, 5) is 5.86. The van der Waals surface area contributed by atoms with E-state index in [9.17, 15) is 0 Å². The number of nitrogens with two attached hydrogens (primary N) is 1. The fourth-order valence-electron chi connectivity index (χ4n) is 2.76. The second kappa shape index (κ2) is 7.01. The number of halogens is 3. The van der Waals surface area contributed by atoms with Crippen LogP contribution >= 0.6 is 36.4 Å². The van der Waals surface area contributed by atoms with E-state index in [4.69, 9.17) is 17.3 Å². The summed E-state index contributed by atoms with van der Waals surface area (Å²) in [6, 6.07) is 6.38. The minimum atomic E-state index is 0. The number of aromatic amines is 1. The van der Waals surface area contributed by atoms with Gasteiger partial charge in [0.05, 0.1) is 10.5 Å². The van der Waals surface area contributed by atoms with Crippen molar-refractivity contribution in [2.24, 2.45) is 5.73 Å². The molecule has 0 spiro atoms. The molecule has 2 aromatic rings. The van der Waals surface area contributed by atoms with E-state index in [-0.39, 0.29) is 24.8 Å². The van der Waals surface area contributed by atoms with Gasteiger partial charge in [0.25, 0.3) is 0 Å². The van der Waals surface area contributed by atoms with Crippen LogP contribution in [0.5, 0.6) is 0 Å². The van der Waals surface area contributed by atoms with Gasteiger partial charge in [0.2, 0.25) is 0 Å². The number of aromatic nitrogens is 1. The summed E-state index contributed by atoms with van der Waals surface area (Å²) in [6.07, 6.45) is 1.10. The van der Waals surface area contributed by atoms with Crippen LogP contribution in [0, 0.1) is 6.92 Å². The van der Waals surface area contributed by atoms with Gasteiger partial charge >= 0.3 is 0 Å². The highest BCUT2D eigenvalue weighted by Crippen LogP contribution is 2.28. The Bertz CT molecular complexity index is 582. The molecule has 0 amide bonds. The SMILES string of the molecule is Cc1c(CN2CCC(N)C2)[nH]c2c(Cl)cccc12.Cl.Cl. The smallest absolute Gasteiger partial charge is 0.0648 e. The third-order valence-corrected chi connectivity index (χ3v) is 4.15. The van der Waals surface area contributed by atoms with Gasteiger partial charge in [-0.25, -0.2) is 0 Å². The third kappa shape index (κ3) is 3.23. The average molecular weight is 337 g/mol. The van der Waals surface area contributed by atoms with Gasteiger partial charge in [0, 0.05) is 36.8 Å². The summed E-state index contributed by atoms with van der Waals surface area (Å²) in [5, 5.41) is 2.01. The van der Waals surface area contributed by atoms with Crippen LogP contribution in [0.4, 0.5) is 0 Å². The van der Waals surface area contributed by atoms with Crippen molar-refractivity contribution in [2.75, 3.05) is 13.1 Å². The van der Waals surface area contributed by atoms with Crippen LogP contribution in [0.2, 0.25) is 5.02 Å². The second-order valence-corrected chi connectivity index (χ2v) is 5.58. The van der Waals surface area contributed by atoms with Crippen molar-refractivity contribution in [2.45, 2.75) is 25.9 Å². The van der Waals surface area contributed by atoms with E-state index < -0.39 is 0 Å². The van der Waals surface area contributed by atoms with Crippen LogP contribution in [0.25, 0.3) is 10.9 Å². The number of H-pyrrole nitrogens is 1. The zero-order valence-corrected chi connectivity index (χ0v) is 13.7. The molecule has 0 saturated carbocycles. The van der Waals surface area contributed by atoms with Crippen molar-refractivity contribution in [1.82, 2.24) is 9.88 Å². The van der Waals surface area contributed by atoms with Crippen LogP contribution < -0.4 is 5.73 Å². The fourth-order valence-corrected chi connectivity index (χ4v) is 2.98. The minimum Gasteiger partial charge on any atom is -0.356 e. The Balaban J connectivity index is 0.000001000. The first kappa shape index (κ1) is 17.6. The van der Waals surface area contributed by atoms with Gasteiger partial charge < -0.3 is 10.7 Å². The highest BCUT2D eigenvalue weighted by atomic mass is 35.5. The lowest BCUT2D eigenvalue weighted by atomic mass is 10.1. The normalized spacial score (nSPS) is 18.9. The van der Waals surface area contributed by atoms with Gasteiger partial charge in [-0.2, -0.15) is 0 Å². The molecule has 0 bridgehead atoms. The Labute approximate surface area is 136 Å². The molecule has 1 aromatic heterocycles. The predicted molar refractivity (Wildman–Crippen MR) is 90.4 cm³/mol. The van der Waals surface area contributed by atoms with Crippen molar-refractivity contribution in [3.8, 4) is 0 Å². The number of para-hydroxylation sites is 1. The molecule has 1 atom stereocenters. The standard InChI is InChI=1S/C14H18ClN3.2ClH/c1-9-11-3-2-4-12(15)14(11)17-13(9)8-18-6-5-10(16)7-18;;/h2-4,10,17H,5-8,16H2,1H3;2*1H. The lowest BCUT2D eigenvalue weighted by molar-refractivity contribution is 0.323. The van der Waals surface area contributed by atoms with Gasteiger partial charge in [0.15, 0.2) is 0 Å². The molecule has 0 radical (unpaired) electrons. The van der Waals surface area contributed by atoms with Gasteiger partial charge in [-0.15, -0.1) is 24.8 Å². The first-order valence-corrected chi connectivity index (χ1v) is 6.76. The van der Waals surface area contributed by atoms with E-state index >= 15 is 0 Å². The first-order valence-electron chi connectivity index (χ1n) is 6.39. The maximum atomic E-state index is 6.22. The van der Waals surface area contributed by atoms with E-state index in [1.54, 1.807) is 0 Å². The van der Waals surface area contributed by atoms with Crippen molar-refractivity contribution in [1.29, 1.82) is 0 Å². The largest absolute Gasteiger partial charge is 0.356 e. The van der Waals surface area contributed by atoms with Gasteiger partial charge in [-0.05, 0) is 25.0 Å². The summed E-state index contributed by atoms with van der Waals surface area (Å²) in [5.41, 5.74) is 9.55. The number of nitrogens with one attached hydrogen (secondary N) is 1. The van der Waals surface area contributed by atoms with Crippen LogP contribution in [-0.4, -0.2) is 29.0 Å². The lowest BCUT2D eigenvalue weighted by Crippen LogP contribution is -2.26. The monoisotopic (exact) mass is 335 g/mol. The maximum Gasteiger partial charge on any atom is 0.0648 e. The van der Waals surface area contributed by atoms with Crippen LogP contribution in [0.15, 0.2) is 18.2 Å². The number of likely N-dealkylation sites (tertiary alicyclic amines) is 1. The molecule has 1 aliphatic heterocycles. The van der Waals surface area contributed by atoms with E-state index in [1.165, 1.54) is 16.6 Å². The van der Waals surface area contributed by atoms with Gasteiger partial charge in [-0.3, -0.25) is 4.90 Å². The van der Waals surface area contributed by atoms with Crippen LogP contribution in [-0.2, 0) is 6.54 Å². The predicted octanol–water partition coefficient (Wildman–Crippen LogP) is 3.51. The summed E-state index contributed by atoms with van der Waals surface area (Å²) in [7, 11) is 0. The summed E-state index contributed by atoms with van der Waals surface area (Å²) < 4.78 is 0. The number of rotatable bonds is 2. The average Bonchev–Trinajstić information content (AvgIpc) is 2.88. The molecule has 1 fully saturated rings. The quantitative estimate of drug-likeness (QED) is 0.881. The zero-order chi connectivity index (χ0) is 12.7. The zero-order valence-electron chi connectivity index (χ0n) is 11.4. The number of fused-ring (bicyclic) bond motifs is 1. The first-order chi connectivity index (χ1) is 8.65. The molecule has 0 aliphatic carbocycles. The third-order valence-electron chi connectivity index (χ3n) is 3.84. The van der Waals surface area contributed by atoms with E-state index in [1.807, 2.05) is 12.1 Å². The van der Waals surface area contributed by atoms with Crippen LogP contribution in [0.1, 0.15) is 17.7 Å². The maximum absolute atomic E-state index is 6.22. The molecule has 3 rings (SSSR count). The van der Waals surface area contributed by atoms with Crippen LogP contribution in [0.3, 0.4) is 0 Å². The minimum absolute atomic E-state index is 0. The van der Waals surface area contributed by atoms with E-state index in [0.29, 0.717) is 6.04 Å². The molecule has 3 N–H and O–H groups in total. The highest BCUT2D eigenvalue weighted by Gasteiger charge is 2.20. The van der Waals surface area contributed by atoms with Crippen molar-refractivity contribution >= 4 is 47.3 Å². The lowest BCUT2D eigenvalue weighted by Gasteiger charge is -2.14. The Kier molecular flexibility index (Phi) is 6.17. The van der Waals surface area contributed by atoms with E-state index in [0.717, 1.165) is 36.6 Å². The topological polar surface area (TPSA) is 45.0 Å².